The molecule has 2 nitrogen and oxygen atoms in total. The molecule has 1 N–H and O–H groups in total. The van der Waals surface area contributed by atoms with Crippen LogP contribution in [0, 0.1) is 6.92 Å². The first-order valence-electron chi connectivity index (χ1n) is 10.6. The number of para-hydroxylation sites is 3. The number of hydrogen-bond donors (Lipinski definition) is 1. The van der Waals surface area contributed by atoms with Crippen LogP contribution >= 0.6 is 0 Å². The highest BCUT2D eigenvalue weighted by Gasteiger charge is 2.17. The van der Waals surface area contributed by atoms with E-state index in [0.29, 0.717) is 0 Å². The van der Waals surface area contributed by atoms with Crippen molar-refractivity contribution in [3.8, 4) is 5.69 Å². The molecular formula is C29H22N2. The van der Waals surface area contributed by atoms with Crippen molar-refractivity contribution < 1.29 is 0 Å². The highest BCUT2D eigenvalue weighted by molar-refractivity contribution is 6.14. The molecule has 0 unspecified atom stereocenters. The molecule has 0 amide bonds. The van der Waals surface area contributed by atoms with Crippen LogP contribution in [0.4, 0.5) is 11.4 Å². The maximum Gasteiger partial charge on any atom is 0.0776 e. The van der Waals surface area contributed by atoms with Gasteiger partial charge in [0.15, 0.2) is 0 Å². The molecule has 148 valence electrons. The zero-order valence-electron chi connectivity index (χ0n) is 17.3. The van der Waals surface area contributed by atoms with Crippen LogP contribution in [0.25, 0.3) is 38.3 Å². The number of rotatable bonds is 3. The molecule has 31 heavy (non-hydrogen) atoms. The second kappa shape index (κ2) is 7.03. The van der Waals surface area contributed by atoms with E-state index in [4.69, 9.17) is 0 Å². The zero-order valence-corrected chi connectivity index (χ0v) is 17.3. The van der Waals surface area contributed by atoms with Crippen molar-refractivity contribution >= 4 is 44.0 Å². The van der Waals surface area contributed by atoms with Gasteiger partial charge in [0, 0.05) is 21.8 Å². The molecule has 1 heterocycles. The minimum Gasteiger partial charge on any atom is -0.354 e. The third kappa shape index (κ3) is 2.80. The van der Waals surface area contributed by atoms with Crippen LogP contribution in [0.15, 0.2) is 109 Å². The van der Waals surface area contributed by atoms with Crippen LogP contribution in [0.5, 0.6) is 0 Å². The lowest BCUT2D eigenvalue weighted by Crippen LogP contribution is -1.99. The van der Waals surface area contributed by atoms with Crippen molar-refractivity contribution in [2.75, 3.05) is 5.32 Å². The van der Waals surface area contributed by atoms with Crippen LogP contribution < -0.4 is 5.32 Å². The second-order valence-corrected chi connectivity index (χ2v) is 7.99. The van der Waals surface area contributed by atoms with Gasteiger partial charge in [0.2, 0.25) is 0 Å². The SMILES string of the molecule is Cc1ccccc1Nc1cccc2c3ccccc3n(-c3cccc4ccccc34)c12. The van der Waals surface area contributed by atoms with Gasteiger partial charge >= 0.3 is 0 Å². The first kappa shape index (κ1) is 17.8. The third-order valence-corrected chi connectivity index (χ3v) is 6.12. The summed E-state index contributed by atoms with van der Waals surface area (Å²) in [5.74, 6) is 0. The predicted molar refractivity (Wildman–Crippen MR) is 133 cm³/mol. The summed E-state index contributed by atoms with van der Waals surface area (Å²) in [6.45, 7) is 2.14. The van der Waals surface area contributed by atoms with Gasteiger partial charge in [-0.3, -0.25) is 0 Å². The Morgan fingerprint density at radius 2 is 1.19 bits per heavy atom. The molecule has 6 rings (SSSR count). The van der Waals surface area contributed by atoms with E-state index in [1.165, 1.54) is 43.8 Å². The average molecular weight is 399 g/mol. The summed E-state index contributed by atoms with van der Waals surface area (Å²) in [5.41, 5.74) is 7.08. The Kier molecular flexibility index (Phi) is 4.03. The highest BCUT2D eigenvalue weighted by Crippen LogP contribution is 2.39. The zero-order chi connectivity index (χ0) is 20.8. The number of aryl methyl sites for hydroxylation is 1. The van der Waals surface area contributed by atoms with Crippen molar-refractivity contribution in [2.24, 2.45) is 0 Å². The molecule has 0 aliphatic heterocycles. The third-order valence-electron chi connectivity index (χ3n) is 6.12. The second-order valence-electron chi connectivity index (χ2n) is 7.99. The number of anilines is 2. The Bertz CT molecular complexity index is 1570. The molecule has 5 aromatic carbocycles. The summed E-state index contributed by atoms with van der Waals surface area (Å²) in [7, 11) is 0. The lowest BCUT2D eigenvalue weighted by molar-refractivity contribution is 1.20. The average Bonchev–Trinajstić information content (AvgIpc) is 3.15. The minimum absolute atomic E-state index is 1.11. The minimum atomic E-state index is 1.11. The van der Waals surface area contributed by atoms with Crippen molar-refractivity contribution in [2.45, 2.75) is 6.92 Å². The van der Waals surface area contributed by atoms with Crippen molar-refractivity contribution in [3.63, 3.8) is 0 Å². The number of hydrogen-bond acceptors (Lipinski definition) is 1. The Hall–Kier alpha value is -4.04. The first-order valence-corrected chi connectivity index (χ1v) is 10.6. The van der Waals surface area contributed by atoms with E-state index in [1.807, 2.05) is 0 Å². The van der Waals surface area contributed by atoms with Crippen molar-refractivity contribution in [1.29, 1.82) is 0 Å². The van der Waals surface area contributed by atoms with Crippen LogP contribution in [-0.2, 0) is 0 Å². The van der Waals surface area contributed by atoms with Gasteiger partial charge in [0.25, 0.3) is 0 Å². The Morgan fingerprint density at radius 1 is 0.548 bits per heavy atom. The largest absolute Gasteiger partial charge is 0.354 e. The lowest BCUT2D eigenvalue weighted by atomic mass is 10.1. The van der Waals surface area contributed by atoms with E-state index < -0.39 is 0 Å². The van der Waals surface area contributed by atoms with Gasteiger partial charge in [-0.2, -0.15) is 0 Å². The maximum atomic E-state index is 3.71. The standard InChI is InChI=1S/C29H22N2/c1-20-10-2-6-16-25(20)30-26-17-9-15-24-23-14-5-7-18-28(23)31(29(24)26)27-19-8-12-21-11-3-4-13-22(21)27/h2-19,30H,1H3. The maximum absolute atomic E-state index is 3.71. The van der Waals surface area contributed by atoms with Crippen LogP contribution in [0.3, 0.4) is 0 Å². The van der Waals surface area contributed by atoms with E-state index >= 15 is 0 Å². The normalized spacial score (nSPS) is 11.4. The van der Waals surface area contributed by atoms with Gasteiger partial charge in [-0.05, 0) is 42.1 Å². The molecule has 0 spiro atoms. The summed E-state index contributed by atoms with van der Waals surface area (Å²) in [6, 6.07) is 38.8. The fourth-order valence-electron chi connectivity index (χ4n) is 4.63. The molecule has 0 aliphatic carbocycles. The Balaban J connectivity index is 1.73. The van der Waals surface area contributed by atoms with Gasteiger partial charge in [0.05, 0.1) is 22.4 Å². The monoisotopic (exact) mass is 398 g/mol. The molecule has 0 fully saturated rings. The fourth-order valence-corrected chi connectivity index (χ4v) is 4.63. The van der Waals surface area contributed by atoms with Crippen LogP contribution in [0.1, 0.15) is 5.56 Å². The summed E-state index contributed by atoms with van der Waals surface area (Å²) in [5, 5.41) is 8.72. The topological polar surface area (TPSA) is 17.0 Å². The van der Waals surface area contributed by atoms with Gasteiger partial charge in [-0.1, -0.05) is 84.9 Å². The summed E-state index contributed by atoms with van der Waals surface area (Å²) in [4.78, 5) is 0. The number of fused-ring (bicyclic) bond motifs is 4. The number of nitrogens with one attached hydrogen (secondary N) is 1. The van der Waals surface area contributed by atoms with E-state index in [2.05, 4.69) is 126 Å². The van der Waals surface area contributed by atoms with Gasteiger partial charge in [0.1, 0.15) is 0 Å². The van der Waals surface area contributed by atoms with Gasteiger partial charge in [-0.25, -0.2) is 0 Å². The quantitative estimate of drug-likeness (QED) is 0.320. The predicted octanol–water partition coefficient (Wildman–Crippen LogP) is 7.99. The molecule has 1 aromatic heterocycles. The first-order chi connectivity index (χ1) is 15.3. The van der Waals surface area contributed by atoms with Crippen molar-refractivity contribution in [1.82, 2.24) is 4.57 Å². The fraction of sp³-hybridized carbons (Fsp3) is 0.0345. The molecule has 0 saturated carbocycles. The summed E-state index contributed by atoms with van der Waals surface area (Å²) in [6.07, 6.45) is 0. The lowest BCUT2D eigenvalue weighted by Gasteiger charge is -2.15. The molecule has 0 bridgehead atoms. The van der Waals surface area contributed by atoms with E-state index in [-0.39, 0.29) is 0 Å². The van der Waals surface area contributed by atoms with E-state index in [1.54, 1.807) is 0 Å². The molecular weight excluding hydrogens is 376 g/mol. The highest BCUT2D eigenvalue weighted by atomic mass is 15.0. The Labute approximate surface area is 181 Å². The Morgan fingerprint density at radius 3 is 2.10 bits per heavy atom. The number of nitrogens with zero attached hydrogens (tertiary/aromatic N) is 1. The molecule has 0 radical (unpaired) electrons. The van der Waals surface area contributed by atoms with Crippen molar-refractivity contribution in [3.05, 3.63) is 115 Å². The van der Waals surface area contributed by atoms with Gasteiger partial charge in [-0.15, -0.1) is 0 Å². The van der Waals surface area contributed by atoms with E-state index in [0.717, 1.165) is 11.4 Å². The molecule has 0 aliphatic rings. The summed E-state index contributed by atoms with van der Waals surface area (Å²) >= 11 is 0. The molecule has 0 saturated heterocycles. The van der Waals surface area contributed by atoms with Crippen LogP contribution in [-0.4, -0.2) is 4.57 Å². The summed E-state index contributed by atoms with van der Waals surface area (Å²) < 4.78 is 2.41. The number of aromatic nitrogens is 1. The van der Waals surface area contributed by atoms with E-state index in [9.17, 15) is 0 Å². The molecule has 6 aromatic rings. The van der Waals surface area contributed by atoms with Crippen LogP contribution in [0.2, 0.25) is 0 Å². The number of benzene rings is 5. The van der Waals surface area contributed by atoms with Gasteiger partial charge < -0.3 is 9.88 Å². The molecule has 2 heteroatoms. The molecule has 0 atom stereocenters. The smallest absolute Gasteiger partial charge is 0.0776 e.